The number of aryl methyl sites for hydroxylation is 1. The first-order chi connectivity index (χ1) is 13.5. The molecule has 28 heavy (non-hydrogen) atoms. The van der Waals surface area contributed by atoms with E-state index in [0.717, 1.165) is 28.0 Å². The van der Waals surface area contributed by atoms with Crippen LogP contribution in [0.3, 0.4) is 0 Å². The molecule has 142 valence electrons. The highest BCUT2D eigenvalue weighted by molar-refractivity contribution is 5.95. The highest BCUT2D eigenvalue weighted by Gasteiger charge is 2.23. The van der Waals surface area contributed by atoms with E-state index in [1.54, 1.807) is 30.2 Å². The Labute approximate surface area is 162 Å². The molecule has 2 aromatic carbocycles. The van der Waals surface area contributed by atoms with Crippen LogP contribution in [0.5, 0.6) is 5.75 Å². The van der Waals surface area contributed by atoms with E-state index in [-0.39, 0.29) is 5.91 Å². The lowest BCUT2D eigenvalue weighted by atomic mass is 10.0. The predicted octanol–water partition coefficient (Wildman–Crippen LogP) is 3.81. The first kappa shape index (κ1) is 18.0. The average molecular weight is 377 g/mol. The topological polar surface area (TPSA) is 68.5 Å². The third-order valence-electron chi connectivity index (χ3n) is 4.88. The van der Waals surface area contributed by atoms with Crippen LogP contribution >= 0.6 is 0 Å². The van der Waals surface area contributed by atoms with Crippen LogP contribution in [0.1, 0.15) is 21.5 Å². The number of nitrogens with zero attached hydrogens (tertiary/aromatic N) is 2. The summed E-state index contributed by atoms with van der Waals surface area (Å²) in [4.78, 5) is 18.8. The van der Waals surface area contributed by atoms with Gasteiger partial charge in [0.1, 0.15) is 24.0 Å². The van der Waals surface area contributed by atoms with Crippen LogP contribution in [0.15, 0.2) is 54.7 Å². The third-order valence-corrected chi connectivity index (χ3v) is 4.88. The van der Waals surface area contributed by atoms with Crippen molar-refractivity contribution in [3.05, 3.63) is 77.2 Å². The summed E-state index contributed by atoms with van der Waals surface area (Å²) >= 11 is 0. The van der Waals surface area contributed by atoms with Crippen LogP contribution in [0.2, 0.25) is 0 Å². The van der Waals surface area contributed by atoms with Crippen LogP contribution < -0.4 is 10.5 Å². The Morgan fingerprint density at radius 3 is 2.75 bits per heavy atom. The van der Waals surface area contributed by atoms with Crippen molar-refractivity contribution in [2.45, 2.75) is 13.5 Å². The van der Waals surface area contributed by atoms with E-state index in [0.29, 0.717) is 31.1 Å². The molecule has 3 aromatic rings. The number of aromatic nitrogens is 1. The number of ether oxygens (including phenoxy) is 1. The molecule has 5 nitrogen and oxygen atoms in total. The molecular formula is C22H20FN3O2. The summed E-state index contributed by atoms with van der Waals surface area (Å²) in [6.07, 6.45) is 1.72. The molecule has 1 amide bonds. The Balaban J connectivity index is 1.65. The van der Waals surface area contributed by atoms with Crippen LogP contribution in [-0.4, -0.2) is 28.9 Å². The Morgan fingerprint density at radius 2 is 1.96 bits per heavy atom. The van der Waals surface area contributed by atoms with Crippen molar-refractivity contribution in [1.82, 2.24) is 9.88 Å². The van der Waals surface area contributed by atoms with E-state index in [4.69, 9.17) is 10.5 Å². The van der Waals surface area contributed by atoms with Gasteiger partial charge < -0.3 is 15.4 Å². The third kappa shape index (κ3) is 3.53. The summed E-state index contributed by atoms with van der Waals surface area (Å²) in [6, 6.07) is 13.8. The SMILES string of the molecule is Cc1ccc(F)cc1C(=O)N1CCOc2ccc(-c3ccc(N)nc3)cc2C1. The maximum absolute atomic E-state index is 13.7. The second kappa shape index (κ2) is 7.31. The summed E-state index contributed by atoms with van der Waals surface area (Å²) in [6.45, 7) is 3.01. The molecule has 0 saturated heterocycles. The van der Waals surface area contributed by atoms with E-state index in [1.807, 2.05) is 24.3 Å². The smallest absolute Gasteiger partial charge is 0.254 e. The van der Waals surface area contributed by atoms with Crippen LogP contribution in [0.4, 0.5) is 10.2 Å². The largest absolute Gasteiger partial charge is 0.491 e. The molecule has 2 heterocycles. The van der Waals surface area contributed by atoms with Crippen molar-refractivity contribution < 1.29 is 13.9 Å². The van der Waals surface area contributed by atoms with Crippen LogP contribution in [0, 0.1) is 12.7 Å². The van der Waals surface area contributed by atoms with Gasteiger partial charge >= 0.3 is 0 Å². The Bertz CT molecular complexity index is 1030. The van der Waals surface area contributed by atoms with Gasteiger partial charge in [0.05, 0.1) is 6.54 Å². The van der Waals surface area contributed by atoms with Crippen LogP contribution in [0.25, 0.3) is 11.1 Å². The van der Waals surface area contributed by atoms with Crippen molar-refractivity contribution in [1.29, 1.82) is 0 Å². The first-order valence-corrected chi connectivity index (χ1v) is 9.04. The molecule has 6 heteroatoms. The maximum Gasteiger partial charge on any atom is 0.254 e. The standard InChI is InChI=1S/C22H20FN3O2/c1-14-2-5-18(23)11-19(14)22(27)26-8-9-28-20-6-3-15(10-17(20)13-26)16-4-7-21(24)25-12-16/h2-7,10-12H,8-9,13H2,1H3,(H2,24,25). The summed E-state index contributed by atoms with van der Waals surface area (Å²) < 4.78 is 19.5. The van der Waals surface area contributed by atoms with E-state index < -0.39 is 5.82 Å². The number of hydrogen-bond acceptors (Lipinski definition) is 4. The minimum Gasteiger partial charge on any atom is -0.491 e. The molecule has 1 aliphatic heterocycles. The van der Waals surface area contributed by atoms with Gasteiger partial charge in [-0.15, -0.1) is 0 Å². The zero-order valence-corrected chi connectivity index (χ0v) is 15.5. The van der Waals surface area contributed by atoms with Crippen LogP contribution in [-0.2, 0) is 6.54 Å². The molecule has 0 radical (unpaired) electrons. The van der Waals surface area contributed by atoms with Crippen molar-refractivity contribution in [3.63, 3.8) is 0 Å². The number of amides is 1. The fourth-order valence-electron chi connectivity index (χ4n) is 3.32. The van der Waals surface area contributed by atoms with Crippen molar-refractivity contribution in [3.8, 4) is 16.9 Å². The molecule has 2 N–H and O–H groups in total. The normalized spacial score (nSPS) is 13.4. The molecule has 0 spiro atoms. The highest BCUT2D eigenvalue weighted by atomic mass is 19.1. The molecule has 0 aliphatic carbocycles. The summed E-state index contributed by atoms with van der Waals surface area (Å²) in [5, 5.41) is 0. The molecule has 0 unspecified atom stereocenters. The Kier molecular flexibility index (Phi) is 4.69. The van der Waals surface area contributed by atoms with Gasteiger partial charge in [-0.3, -0.25) is 4.79 Å². The molecule has 0 bridgehead atoms. The fourth-order valence-corrected chi connectivity index (χ4v) is 3.32. The molecule has 0 fully saturated rings. The number of nitrogens with two attached hydrogens (primary N) is 1. The number of rotatable bonds is 2. The zero-order chi connectivity index (χ0) is 19.7. The number of carbonyl (C=O) groups excluding carboxylic acids is 1. The Hall–Kier alpha value is -3.41. The number of benzene rings is 2. The van der Waals surface area contributed by atoms with E-state index in [2.05, 4.69) is 4.98 Å². The molecule has 4 rings (SSSR count). The molecule has 1 aromatic heterocycles. The number of halogens is 1. The van der Waals surface area contributed by atoms with Gasteiger partial charge in [-0.2, -0.15) is 0 Å². The Morgan fingerprint density at radius 1 is 1.14 bits per heavy atom. The number of fused-ring (bicyclic) bond motifs is 1. The second-order valence-corrected chi connectivity index (χ2v) is 6.83. The second-order valence-electron chi connectivity index (χ2n) is 6.83. The van der Waals surface area contributed by atoms with E-state index in [1.165, 1.54) is 12.1 Å². The zero-order valence-electron chi connectivity index (χ0n) is 15.5. The van der Waals surface area contributed by atoms with Crippen molar-refractivity contribution in [2.75, 3.05) is 18.9 Å². The van der Waals surface area contributed by atoms with Gasteiger partial charge in [-0.05, 0) is 54.4 Å². The highest BCUT2D eigenvalue weighted by Crippen LogP contribution is 2.30. The monoisotopic (exact) mass is 377 g/mol. The van der Waals surface area contributed by atoms with Gasteiger partial charge in [0, 0.05) is 29.4 Å². The number of pyridine rings is 1. The van der Waals surface area contributed by atoms with Gasteiger partial charge in [-0.1, -0.05) is 12.1 Å². The molecular weight excluding hydrogens is 357 g/mol. The lowest BCUT2D eigenvalue weighted by molar-refractivity contribution is 0.0732. The lowest BCUT2D eigenvalue weighted by Crippen LogP contribution is -2.33. The first-order valence-electron chi connectivity index (χ1n) is 9.04. The maximum atomic E-state index is 13.7. The van der Waals surface area contributed by atoms with Gasteiger partial charge in [0.25, 0.3) is 5.91 Å². The van der Waals surface area contributed by atoms with Gasteiger partial charge in [0.2, 0.25) is 0 Å². The number of anilines is 1. The predicted molar refractivity (Wildman–Crippen MR) is 105 cm³/mol. The molecule has 0 atom stereocenters. The minimum absolute atomic E-state index is 0.201. The molecule has 1 aliphatic rings. The lowest BCUT2D eigenvalue weighted by Gasteiger charge is -2.21. The number of nitrogen functional groups attached to an aromatic ring is 1. The summed E-state index contributed by atoms with van der Waals surface area (Å²) in [5.41, 5.74) is 9.58. The van der Waals surface area contributed by atoms with Gasteiger partial charge in [-0.25, -0.2) is 9.37 Å². The minimum atomic E-state index is -0.418. The average Bonchev–Trinajstić information content (AvgIpc) is 2.91. The van der Waals surface area contributed by atoms with E-state index in [9.17, 15) is 9.18 Å². The summed E-state index contributed by atoms with van der Waals surface area (Å²) in [5.74, 6) is 0.592. The van der Waals surface area contributed by atoms with Gasteiger partial charge in [0.15, 0.2) is 0 Å². The van der Waals surface area contributed by atoms with Crippen molar-refractivity contribution >= 4 is 11.7 Å². The summed E-state index contributed by atoms with van der Waals surface area (Å²) in [7, 11) is 0. The fraction of sp³-hybridized carbons (Fsp3) is 0.182. The van der Waals surface area contributed by atoms with E-state index >= 15 is 0 Å². The van der Waals surface area contributed by atoms with Crippen molar-refractivity contribution in [2.24, 2.45) is 0 Å². The number of carbonyl (C=O) groups is 1. The quantitative estimate of drug-likeness (QED) is 0.737. The molecule has 0 saturated carbocycles. The number of hydrogen-bond donors (Lipinski definition) is 1.